The molecule has 2 amide bonds. The first-order valence-corrected chi connectivity index (χ1v) is 6.18. The topological polar surface area (TPSA) is 67.9 Å². The molecular weight excluding hydrogens is 248 g/mol. The first-order chi connectivity index (χ1) is 9.27. The van der Waals surface area contributed by atoms with Crippen molar-refractivity contribution in [1.29, 1.82) is 0 Å². The van der Waals surface area contributed by atoms with Crippen molar-refractivity contribution in [1.82, 2.24) is 10.4 Å². The molecule has 6 nitrogen and oxygen atoms in total. The van der Waals surface area contributed by atoms with Crippen LogP contribution in [0, 0.1) is 5.92 Å². The predicted molar refractivity (Wildman–Crippen MR) is 64.8 cm³/mol. The Bertz CT molecular complexity index is 491. The van der Waals surface area contributed by atoms with Crippen LogP contribution in [0.2, 0.25) is 0 Å². The highest BCUT2D eigenvalue weighted by Gasteiger charge is 2.41. The van der Waals surface area contributed by atoms with Gasteiger partial charge in [-0.1, -0.05) is 30.3 Å². The lowest BCUT2D eigenvalue weighted by Crippen LogP contribution is -2.39. The van der Waals surface area contributed by atoms with Crippen molar-refractivity contribution in [3.8, 4) is 0 Å². The van der Waals surface area contributed by atoms with Gasteiger partial charge < -0.3 is 9.57 Å². The van der Waals surface area contributed by atoms with E-state index in [1.165, 1.54) is 0 Å². The van der Waals surface area contributed by atoms with Crippen LogP contribution < -0.4 is 5.48 Å². The molecule has 0 bridgehead atoms. The fourth-order valence-corrected chi connectivity index (χ4v) is 2.37. The van der Waals surface area contributed by atoms with E-state index in [2.05, 4.69) is 5.48 Å². The van der Waals surface area contributed by atoms with Crippen LogP contribution in [0.5, 0.6) is 0 Å². The summed E-state index contributed by atoms with van der Waals surface area (Å²) < 4.78 is 4.79. The molecule has 19 heavy (non-hydrogen) atoms. The minimum Gasteiger partial charge on any atom is -0.447 e. The second-order valence-corrected chi connectivity index (χ2v) is 4.53. The van der Waals surface area contributed by atoms with Gasteiger partial charge in [0.1, 0.15) is 6.61 Å². The third kappa shape index (κ3) is 2.20. The van der Waals surface area contributed by atoms with Gasteiger partial charge in [-0.05, 0) is 5.56 Å². The fraction of sp³-hybridized carbons (Fsp3) is 0.385. The minimum absolute atomic E-state index is 0.234. The van der Waals surface area contributed by atoms with Crippen molar-refractivity contribution < 1.29 is 19.2 Å². The second kappa shape index (κ2) is 4.99. The summed E-state index contributed by atoms with van der Waals surface area (Å²) in [5.41, 5.74) is 3.81. The zero-order chi connectivity index (χ0) is 13.2. The van der Waals surface area contributed by atoms with E-state index >= 15 is 0 Å². The summed E-state index contributed by atoms with van der Waals surface area (Å²) in [6.45, 7) is 0.833. The lowest BCUT2D eigenvalue weighted by atomic mass is 9.94. The monoisotopic (exact) mass is 262 g/mol. The molecule has 0 spiro atoms. The van der Waals surface area contributed by atoms with Gasteiger partial charge in [0.05, 0.1) is 25.1 Å². The van der Waals surface area contributed by atoms with Crippen molar-refractivity contribution >= 4 is 12.0 Å². The Morgan fingerprint density at radius 1 is 1.32 bits per heavy atom. The van der Waals surface area contributed by atoms with Gasteiger partial charge >= 0.3 is 6.09 Å². The SMILES string of the molecule is O=C1OCCN1C(=O)[C@@H]1CON[C@@H]1c1ccccc1. The van der Waals surface area contributed by atoms with Crippen LogP contribution in [0.3, 0.4) is 0 Å². The van der Waals surface area contributed by atoms with Gasteiger partial charge in [0.2, 0.25) is 5.91 Å². The number of cyclic esters (lactones) is 1. The van der Waals surface area contributed by atoms with Crippen LogP contribution in [-0.2, 0) is 14.4 Å². The van der Waals surface area contributed by atoms with Crippen molar-refractivity contribution in [2.45, 2.75) is 6.04 Å². The molecule has 100 valence electrons. The van der Waals surface area contributed by atoms with E-state index in [9.17, 15) is 9.59 Å². The van der Waals surface area contributed by atoms with E-state index in [1.807, 2.05) is 30.3 Å². The summed E-state index contributed by atoms with van der Waals surface area (Å²) in [7, 11) is 0. The molecule has 3 rings (SSSR count). The summed E-state index contributed by atoms with van der Waals surface area (Å²) in [6.07, 6.45) is -0.566. The molecule has 2 heterocycles. The zero-order valence-electron chi connectivity index (χ0n) is 10.2. The Balaban J connectivity index is 1.80. The number of hydroxylamine groups is 1. The average molecular weight is 262 g/mol. The van der Waals surface area contributed by atoms with Crippen LogP contribution >= 0.6 is 0 Å². The lowest BCUT2D eigenvalue weighted by molar-refractivity contribution is -0.132. The summed E-state index contributed by atoms with van der Waals surface area (Å²) in [5, 5.41) is 0. The summed E-state index contributed by atoms with van der Waals surface area (Å²) in [5.74, 6) is -0.658. The molecule has 6 heteroatoms. The maximum Gasteiger partial charge on any atom is 0.416 e. The number of benzene rings is 1. The third-order valence-corrected chi connectivity index (χ3v) is 3.38. The standard InChI is InChI=1S/C13H14N2O4/c16-12(15-6-7-18-13(15)17)10-8-19-14-11(10)9-4-2-1-3-5-9/h1-5,10-11,14H,6-8H2/t10-,11-/m1/s1. The largest absolute Gasteiger partial charge is 0.447 e. The molecule has 2 aliphatic heterocycles. The highest BCUT2D eigenvalue weighted by atomic mass is 16.7. The number of ether oxygens (including phenoxy) is 1. The summed E-state index contributed by atoms with van der Waals surface area (Å²) >= 11 is 0. The molecule has 2 saturated heterocycles. The van der Waals surface area contributed by atoms with Gasteiger partial charge in [-0.25, -0.2) is 9.69 Å². The molecule has 0 aliphatic carbocycles. The first-order valence-electron chi connectivity index (χ1n) is 6.18. The molecule has 0 unspecified atom stereocenters. The van der Waals surface area contributed by atoms with Gasteiger partial charge in [0.15, 0.2) is 0 Å². The van der Waals surface area contributed by atoms with Crippen molar-refractivity contribution in [3.05, 3.63) is 35.9 Å². The number of imide groups is 1. The van der Waals surface area contributed by atoms with Gasteiger partial charge in [-0.15, -0.1) is 0 Å². The fourth-order valence-electron chi connectivity index (χ4n) is 2.37. The van der Waals surface area contributed by atoms with Gasteiger partial charge in [0.25, 0.3) is 0 Å². The number of amides is 2. The predicted octanol–water partition coefficient (Wildman–Crippen LogP) is 0.857. The van der Waals surface area contributed by atoms with E-state index in [0.717, 1.165) is 10.5 Å². The minimum atomic E-state index is -0.566. The van der Waals surface area contributed by atoms with Crippen LogP contribution in [0.4, 0.5) is 4.79 Å². The maximum atomic E-state index is 12.3. The molecule has 1 aromatic rings. The Hall–Kier alpha value is -1.92. The molecule has 2 atom stereocenters. The molecule has 2 fully saturated rings. The van der Waals surface area contributed by atoms with Crippen molar-refractivity contribution in [2.24, 2.45) is 5.92 Å². The number of nitrogens with zero attached hydrogens (tertiary/aromatic N) is 1. The highest BCUT2D eigenvalue weighted by molar-refractivity contribution is 5.94. The Kier molecular flexibility index (Phi) is 3.18. The summed E-state index contributed by atoms with van der Waals surface area (Å²) in [4.78, 5) is 30.1. The number of nitrogens with one attached hydrogen (secondary N) is 1. The molecule has 0 radical (unpaired) electrons. The molecule has 1 aromatic carbocycles. The summed E-state index contributed by atoms with van der Waals surface area (Å²) in [6, 6.07) is 9.34. The molecule has 2 aliphatic rings. The maximum absolute atomic E-state index is 12.3. The number of rotatable bonds is 2. The molecule has 1 N–H and O–H groups in total. The molecule has 0 saturated carbocycles. The van der Waals surface area contributed by atoms with E-state index in [1.54, 1.807) is 0 Å². The zero-order valence-corrected chi connectivity index (χ0v) is 10.2. The number of carbonyl (C=O) groups is 2. The van der Waals surface area contributed by atoms with Gasteiger partial charge in [-0.2, -0.15) is 5.48 Å². The van der Waals surface area contributed by atoms with Crippen LogP contribution in [0.25, 0.3) is 0 Å². The van der Waals surface area contributed by atoms with Gasteiger partial charge in [-0.3, -0.25) is 4.79 Å². The van der Waals surface area contributed by atoms with Crippen molar-refractivity contribution in [2.75, 3.05) is 19.8 Å². The smallest absolute Gasteiger partial charge is 0.416 e. The number of carbonyl (C=O) groups excluding carboxylic acids is 2. The number of hydrogen-bond donors (Lipinski definition) is 1. The Labute approximate surface area is 110 Å². The third-order valence-electron chi connectivity index (χ3n) is 3.38. The van der Waals surface area contributed by atoms with Crippen molar-refractivity contribution in [3.63, 3.8) is 0 Å². The second-order valence-electron chi connectivity index (χ2n) is 4.53. The van der Waals surface area contributed by atoms with Gasteiger partial charge in [0, 0.05) is 0 Å². The van der Waals surface area contributed by atoms with E-state index in [-0.39, 0.29) is 25.2 Å². The lowest BCUT2D eigenvalue weighted by Gasteiger charge is -2.20. The number of hydrogen-bond acceptors (Lipinski definition) is 5. The normalized spacial score (nSPS) is 26.5. The Morgan fingerprint density at radius 2 is 2.11 bits per heavy atom. The molecular formula is C13H14N2O4. The van der Waals surface area contributed by atoms with E-state index < -0.39 is 12.0 Å². The van der Waals surface area contributed by atoms with Crippen LogP contribution in [-0.4, -0.2) is 36.7 Å². The quantitative estimate of drug-likeness (QED) is 0.856. The first kappa shape index (κ1) is 12.1. The van der Waals surface area contributed by atoms with E-state index in [0.29, 0.717) is 6.54 Å². The molecule has 0 aromatic heterocycles. The average Bonchev–Trinajstić information content (AvgIpc) is 3.07. The highest BCUT2D eigenvalue weighted by Crippen LogP contribution is 2.29. The Morgan fingerprint density at radius 3 is 2.79 bits per heavy atom. The van der Waals surface area contributed by atoms with Crippen LogP contribution in [0.15, 0.2) is 30.3 Å². The van der Waals surface area contributed by atoms with Crippen LogP contribution in [0.1, 0.15) is 11.6 Å². The van der Waals surface area contributed by atoms with E-state index in [4.69, 9.17) is 9.57 Å².